The maximum absolute atomic E-state index is 12.9. The van der Waals surface area contributed by atoms with Crippen LogP contribution in [0, 0.1) is 5.92 Å². The first-order chi connectivity index (χ1) is 19.7. The first kappa shape index (κ1) is 39.1. The fraction of sp³-hybridized carbons (Fsp3) is 0.944. The van der Waals surface area contributed by atoms with Gasteiger partial charge in [0.25, 0.3) is 0 Å². The number of amides is 1. The summed E-state index contributed by atoms with van der Waals surface area (Å²) in [7, 11) is 0. The second-order valence-corrected chi connectivity index (χ2v) is 12.4. The lowest BCUT2D eigenvalue weighted by Gasteiger charge is -2.15. The summed E-state index contributed by atoms with van der Waals surface area (Å²) < 4.78 is 0. The Kier molecular flexibility index (Phi) is 31.9. The van der Waals surface area contributed by atoms with E-state index in [-0.39, 0.29) is 24.8 Å². The van der Waals surface area contributed by atoms with Crippen LogP contribution in [0.3, 0.4) is 0 Å². The SMILES string of the molecule is CCCCCCCCCCCCCCCCCCC(C(=O)CCCCCCCCCCCCC)C(=O)NCCO. The molecule has 1 atom stereocenters. The van der Waals surface area contributed by atoms with Gasteiger partial charge in [-0.2, -0.15) is 0 Å². The Morgan fingerprint density at radius 1 is 0.500 bits per heavy atom. The van der Waals surface area contributed by atoms with E-state index in [1.165, 1.54) is 148 Å². The van der Waals surface area contributed by atoms with Crippen LogP contribution in [0.2, 0.25) is 0 Å². The van der Waals surface area contributed by atoms with Crippen molar-refractivity contribution >= 4 is 11.7 Å². The van der Waals surface area contributed by atoms with Crippen molar-refractivity contribution in [2.45, 2.75) is 200 Å². The zero-order valence-electron chi connectivity index (χ0n) is 27.3. The average Bonchev–Trinajstić information content (AvgIpc) is 2.96. The minimum absolute atomic E-state index is 0.0791. The van der Waals surface area contributed by atoms with Gasteiger partial charge in [0.1, 0.15) is 5.78 Å². The van der Waals surface area contributed by atoms with Crippen LogP contribution in [0.4, 0.5) is 0 Å². The number of carbonyl (C=O) groups excluding carboxylic acids is 2. The summed E-state index contributed by atoms with van der Waals surface area (Å²) in [6, 6.07) is 0. The molecule has 2 N–H and O–H groups in total. The van der Waals surface area contributed by atoms with Crippen molar-refractivity contribution in [1.82, 2.24) is 5.32 Å². The summed E-state index contributed by atoms with van der Waals surface area (Å²) in [5, 5.41) is 11.8. The van der Waals surface area contributed by atoms with Crippen LogP contribution in [-0.4, -0.2) is 29.9 Å². The van der Waals surface area contributed by atoms with E-state index in [1.807, 2.05) is 0 Å². The van der Waals surface area contributed by atoms with Crippen LogP contribution in [0.15, 0.2) is 0 Å². The maximum Gasteiger partial charge on any atom is 0.230 e. The summed E-state index contributed by atoms with van der Waals surface area (Å²) in [5.41, 5.74) is 0. The molecule has 0 aliphatic heterocycles. The molecule has 4 nitrogen and oxygen atoms in total. The van der Waals surface area contributed by atoms with E-state index in [4.69, 9.17) is 5.11 Å². The second-order valence-electron chi connectivity index (χ2n) is 12.4. The molecule has 0 saturated heterocycles. The van der Waals surface area contributed by atoms with E-state index < -0.39 is 5.92 Å². The van der Waals surface area contributed by atoms with Crippen LogP contribution in [0.25, 0.3) is 0 Å². The molecule has 0 fully saturated rings. The van der Waals surface area contributed by atoms with Crippen molar-refractivity contribution in [3.8, 4) is 0 Å². The van der Waals surface area contributed by atoms with Crippen LogP contribution >= 0.6 is 0 Å². The highest BCUT2D eigenvalue weighted by Gasteiger charge is 2.25. The van der Waals surface area contributed by atoms with Gasteiger partial charge in [-0.1, -0.05) is 181 Å². The molecule has 0 rings (SSSR count). The van der Waals surface area contributed by atoms with Crippen molar-refractivity contribution < 1.29 is 14.7 Å². The first-order valence-electron chi connectivity index (χ1n) is 18.1. The van der Waals surface area contributed by atoms with E-state index in [1.54, 1.807) is 0 Å². The molecule has 40 heavy (non-hydrogen) atoms. The van der Waals surface area contributed by atoms with Crippen LogP contribution < -0.4 is 5.32 Å². The van der Waals surface area contributed by atoms with E-state index in [9.17, 15) is 9.59 Å². The third kappa shape index (κ3) is 27.3. The number of hydrogen-bond acceptors (Lipinski definition) is 3. The molecule has 0 bridgehead atoms. The monoisotopic (exact) mass is 566 g/mol. The van der Waals surface area contributed by atoms with Gasteiger partial charge >= 0.3 is 0 Å². The van der Waals surface area contributed by atoms with E-state index in [0.29, 0.717) is 12.8 Å². The lowest BCUT2D eigenvalue weighted by Crippen LogP contribution is -2.36. The molecule has 0 aromatic carbocycles. The van der Waals surface area contributed by atoms with Crippen molar-refractivity contribution in [3.05, 3.63) is 0 Å². The molecule has 1 amide bonds. The Morgan fingerprint density at radius 2 is 0.825 bits per heavy atom. The Hall–Kier alpha value is -0.900. The van der Waals surface area contributed by atoms with Crippen molar-refractivity contribution in [1.29, 1.82) is 0 Å². The van der Waals surface area contributed by atoms with E-state index in [0.717, 1.165) is 25.7 Å². The molecule has 0 saturated carbocycles. The lowest BCUT2D eigenvalue weighted by molar-refractivity contribution is -0.134. The van der Waals surface area contributed by atoms with Gasteiger partial charge in [-0.05, 0) is 12.8 Å². The highest BCUT2D eigenvalue weighted by atomic mass is 16.3. The highest BCUT2D eigenvalue weighted by Crippen LogP contribution is 2.19. The normalized spacial score (nSPS) is 12.1. The van der Waals surface area contributed by atoms with Gasteiger partial charge in [0.15, 0.2) is 0 Å². The Labute approximate surface area is 250 Å². The zero-order valence-corrected chi connectivity index (χ0v) is 27.3. The Balaban J connectivity index is 3.84. The quantitative estimate of drug-likeness (QED) is 0.0614. The smallest absolute Gasteiger partial charge is 0.230 e. The van der Waals surface area contributed by atoms with Gasteiger partial charge in [-0.25, -0.2) is 0 Å². The number of aliphatic hydroxyl groups is 1. The van der Waals surface area contributed by atoms with Gasteiger partial charge in [0.2, 0.25) is 5.91 Å². The number of carbonyl (C=O) groups is 2. The standard InChI is InChI=1S/C36H71NO3/c1-3-5-7-9-11-13-15-16-17-18-19-21-22-24-26-28-30-34(36(40)37-32-33-38)35(39)31-29-27-25-23-20-14-12-10-8-6-4-2/h34,38H,3-33H2,1-2H3,(H,37,40). The number of hydrogen-bond donors (Lipinski definition) is 2. The van der Waals surface area contributed by atoms with Crippen LogP contribution in [0.5, 0.6) is 0 Å². The van der Waals surface area contributed by atoms with Gasteiger partial charge in [-0.3, -0.25) is 9.59 Å². The number of rotatable bonds is 33. The van der Waals surface area contributed by atoms with Gasteiger partial charge in [-0.15, -0.1) is 0 Å². The first-order valence-corrected chi connectivity index (χ1v) is 18.1. The number of nitrogens with one attached hydrogen (secondary N) is 1. The van der Waals surface area contributed by atoms with Gasteiger partial charge in [0, 0.05) is 13.0 Å². The van der Waals surface area contributed by atoms with Crippen molar-refractivity contribution in [2.24, 2.45) is 5.92 Å². The predicted molar refractivity (Wildman–Crippen MR) is 174 cm³/mol. The number of Topliss-reactive ketones (excluding diaryl/α,β-unsaturated/α-hetero) is 1. The van der Waals surface area contributed by atoms with Crippen LogP contribution in [-0.2, 0) is 9.59 Å². The van der Waals surface area contributed by atoms with Gasteiger partial charge < -0.3 is 10.4 Å². The fourth-order valence-corrected chi connectivity index (χ4v) is 5.77. The lowest BCUT2D eigenvalue weighted by atomic mass is 9.92. The third-order valence-electron chi connectivity index (χ3n) is 8.49. The summed E-state index contributed by atoms with van der Waals surface area (Å²) in [6.45, 7) is 4.70. The molecule has 0 aromatic heterocycles. The molecular weight excluding hydrogens is 494 g/mol. The van der Waals surface area contributed by atoms with Crippen molar-refractivity contribution in [2.75, 3.05) is 13.2 Å². The number of unbranched alkanes of at least 4 members (excludes halogenated alkanes) is 25. The predicted octanol–water partition coefficient (Wildman–Crippen LogP) is 10.6. The van der Waals surface area contributed by atoms with Crippen molar-refractivity contribution in [3.63, 3.8) is 0 Å². The number of ketones is 1. The topological polar surface area (TPSA) is 66.4 Å². The molecule has 0 aliphatic carbocycles. The third-order valence-corrected chi connectivity index (χ3v) is 8.49. The molecule has 0 heterocycles. The maximum atomic E-state index is 12.9. The van der Waals surface area contributed by atoms with E-state index >= 15 is 0 Å². The van der Waals surface area contributed by atoms with Crippen LogP contribution in [0.1, 0.15) is 200 Å². The summed E-state index contributed by atoms with van der Waals surface area (Å²) >= 11 is 0. The second kappa shape index (κ2) is 32.6. The zero-order chi connectivity index (χ0) is 29.4. The summed E-state index contributed by atoms with van der Waals surface area (Å²) in [4.78, 5) is 25.5. The van der Waals surface area contributed by atoms with E-state index in [2.05, 4.69) is 19.2 Å². The Morgan fingerprint density at radius 3 is 1.18 bits per heavy atom. The minimum Gasteiger partial charge on any atom is -0.395 e. The molecular formula is C36H71NO3. The molecule has 0 aromatic rings. The average molecular weight is 566 g/mol. The molecule has 0 radical (unpaired) electrons. The molecule has 1 unspecified atom stereocenters. The van der Waals surface area contributed by atoms with Gasteiger partial charge in [0.05, 0.1) is 12.5 Å². The molecule has 4 heteroatoms. The highest BCUT2D eigenvalue weighted by molar-refractivity contribution is 6.01. The Bertz CT molecular complexity index is 536. The fourth-order valence-electron chi connectivity index (χ4n) is 5.77. The molecule has 0 spiro atoms. The minimum atomic E-state index is -0.527. The largest absolute Gasteiger partial charge is 0.395 e. The summed E-state index contributed by atoms with van der Waals surface area (Å²) in [5.74, 6) is -0.600. The summed E-state index contributed by atoms with van der Waals surface area (Å²) in [6.07, 6.45) is 36.3. The molecule has 0 aliphatic rings. The molecule has 238 valence electrons. The number of aliphatic hydroxyl groups excluding tert-OH is 1.